The van der Waals surface area contributed by atoms with E-state index < -0.39 is 25.8 Å². The second kappa shape index (κ2) is 7.88. The van der Waals surface area contributed by atoms with Gasteiger partial charge in [0.15, 0.2) is 9.84 Å². The van der Waals surface area contributed by atoms with E-state index in [0.717, 1.165) is 6.26 Å². The zero-order valence-corrected chi connectivity index (χ0v) is 16.0. The number of sulfone groups is 1. The Labute approximate surface area is 153 Å². The van der Waals surface area contributed by atoms with Gasteiger partial charge in [0.25, 0.3) is 5.91 Å². The number of anilines is 2. The Bertz CT molecular complexity index is 998. The number of sulfonamides is 1. The molecular formula is C17H20N2O5S2. The summed E-state index contributed by atoms with van der Waals surface area (Å²) in [5, 5.41) is 2.64. The summed E-state index contributed by atoms with van der Waals surface area (Å²) in [5.41, 5.74) is 1.06. The SMILES string of the molecule is CCCS(=O)(=O)Nc1ccc(NC(=O)c2cccc(S(C)(=O)=O)c2)cc1. The van der Waals surface area contributed by atoms with Gasteiger partial charge in [-0.3, -0.25) is 9.52 Å². The number of carbonyl (C=O) groups excluding carboxylic acids is 1. The van der Waals surface area contributed by atoms with Crippen molar-refractivity contribution in [2.24, 2.45) is 0 Å². The predicted molar refractivity (Wildman–Crippen MR) is 102 cm³/mol. The Balaban J connectivity index is 2.11. The third kappa shape index (κ3) is 5.57. The maximum Gasteiger partial charge on any atom is 0.255 e. The second-order valence-corrected chi connectivity index (χ2v) is 9.61. The van der Waals surface area contributed by atoms with E-state index in [-0.39, 0.29) is 16.2 Å². The quantitative estimate of drug-likeness (QED) is 0.747. The van der Waals surface area contributed by atoms with Crippen molar-refractivity contribution in [3.05, 3.63) is 54.1 Å². The Kier molecular flexibility index (Phi) is 6.04. The molecule has 2 rings (SSSR count). The fourth-order valence-corrected chi connectivity index (χ4v) is 3.99. The van der Waals surface area contributed by atoms with Gasteiger partial charge in [0.2, 0.25) is 10.0 Å². The summed E-state index contributed by atoms with van der Waals surface area (Å²) in [5.74, 6) is -0.433. The van der Waals surface area contributed by atoms with Crippen molar-refractivity contribution in [1.29, 1.82) is 0 Å². The highest BCUT2D eigenvalue weighted by molar-refractivity contribution is 7.92. The van der Waals surface area contributed by atoms with Crippen LogP contribution in [0, 0.1) is 0 Å². The van der Waals surface area contributed by atoms with Gasteiger partial charge in [0.1, 0.15) is 0 Å². The fraction of sp³-hybridized carbons (Fsp3) is 0.235. The Morgan fingerprint density at radius 1 is 0.962 bits per heavy atom. The molecule has 0 saturated carbocycles. The number of benzene rings is 2. The molecule has 2 aromatic rings. The minimum absolute atomic E-state index is 0.0299. The van der Waals surface area contributed by atoms with Gasteiger partial charge in [0, 0.05) is 23.2 Å². The smallest absolute Gasteiger partial charge is 0.255 e. The van der Waals surface area contributed by atoms with Crippen LogP contribution in [-0.2, 0) is 19.9 Å². The third-order valence-electron chi connectivity index (χ3n) is 3.41. The van der Waals surface area contributed by atoms with Gasteiger partial charge in [-0.1, -0.05) is 13.0 Å². The first-order valence-corrected chi connectivity index (χ1v) is 11.4. The topological polar surface area (TPSA) is 109 Å². The van der Waals surface area contributed by atoms with Gasteiger partial charge in [-0.05, 0) is 48.9 Å². The number of rotatable bonds is 7. The highest BCUT2D eigenvalue weighted by atomic mass is 32.2. The molecule has 140 valence electrons. The lowest BCUT2D eigenvalue weighted by molar-refractivity contribution is 0.102. The van der Waals surface area contributed by atoms with E-state index in [2.05, 4.69) is 10.0 Å². The third-order valence-corrected chi connectivity index (χ3v) is 6.02. The Morgan fingerprint density at radius 2 is 1.58 bits per heavy atom. The first-order valence-electron chi connectivity index (χ1n) is 7.83. The van der Waals surface area contributed by atoms with Crippen LogP contribution in [-0.4, -0.2) is 34.8 Å². The molecule has 0 aliphatic heterocycles. The highest BCUT2D eigenvalue weighted by Gasteiger charge is 2.12. The van der Waals surface area contributed by atoms with Gasteiger partial charge in [-0.15, -0.1) is 0 Å². The van der Waals surface area contributed by atoms with Crippen LogP contribution in [0.2, 0.25) is 0 Å². The maximum absolute atomic E-state index is 12.3. The van der Waals surface area contributed by atoms with Gasteiger partial charge in [-0.2, -0.15) is 0 Å². The molecule has 0 heterocycles. The molecule has 0 spiro atoms. The minimum Gasteiger partial charge on any atom is -0.322 e. The van der Waals surface area contributed by atoms with E-state index in [1.54, 1.807) is 19.1 Å². The van der Waals surface area contributed by atoms with E-state index in [9.17, 15) is 21.6 Å². The number of hydrogen-bond acceptors (Lipinski definition) is 5. The van der Waals surface area contributed by atoms with Crippen molar-refractivity contribution in [2.45, 2.75) is 18.2 Å². The normalized spacial score (nSPS) is 11.8. The average molecular weight is 396 g/mol. The fourth-order valence-electron chi connectivity index (χ4n) is 2.19. The summed E-state index contributed by atoms with van der Waals surface area (Å²) in [6, 6.07) is 11.9. The molecule has 0 fully saturated rings. The monoisotopic (exact) mass is 396 g/mol. The minimum atomic E-state index is -3.40. The molecular weight excluding hydrogens is 376 g/mol. The molecule has 0 aliphatic carbocycles. The van der Waals surface area contributed by atoms with Crippen molar-refractivity contribution in [3.63, 3.8) is 0 Å². The van der Waals surface area contributed by atoms with Crippen molar-refractivity contribution in [2.75, 3.05) is 22.0 Å². The van der Waals surface area contributed by atoms with Crippen LogP contribution in [0.1, 0.15) is 23.7 Å². The summed E-state index contributed by atoms with van der Waals surface area (Å²) in [7, 11) is -6.78. The van der Waals surface area contributed by atoms with Crippen LogP contribution in [0.4, 0.5) is 11.4 Å². The van der Waals surface area contributed by atoms with E-state index in [4.69, 9.17) is 0 Å². The predicted octanol–water partition coefficient (Wildman–Crippen LogP) is 2.49. The van der Waals surface area contributed by atoms with Crippen molar-refractivity contribution in [3.8, 4) is 0 Å². The van der Waals surface area contributed by atoms with Crippen molar-refractivity contribution >= 4 is 37.1 Å². The first-order chi connectivity index (χ1) is 12.1. The van der Waals surface area contributed by atoms with Crippen LogP contribution in [0.25, 0.3) is 0 Å². The van der Waals surface area contributed by atoms with E-state index in [0.29, 0.717) is 17.8 Å². The number of carbonyl (C=O) groups is 1. The van der Waals surface area contributed by atoms with Crippen LogP contribution in [0.3, 0.4) is 0 Å². The Morgan fingerprint density at radius 3 is 2.15 bits per heavy atom. The molecule has 0 aromatic heterocycles. The molecule has 0 atom stereocenters. The van der Waals surface area contributed by atoms with E-state index in [1.807, 2.05) is 0 Å². The summed E-state index contributed by atoms with van der Waals surface area (Å²) in [6.07, 6.45) is 1.58. The summed E-state index contributed by atoms with van der Waals surface area (Å²) >= 11 is 0. The van der Waals surface area contributed by atoms with Crippen LogP contribution in [0.15, 0.2) is 53.4 Å². The van der Waals surface area contributed by atoms with Gasteiger partial charge in [-0.25, -0.2) is 16.8 Å². The molecule has 0 bridgehead atoms. The van der Waals surface area contributed by atoms with Crippen LogP contribution >= 0.6 is 0 Å². The first kappa shape index (κ1) is 19.9. The van der Waals surface area contributed by atoms with Crippen LogP contribution < -0.4 is 10.0 Å². The van der Waals surface area contributed by atoms with Gasteiger partial charge < -0.3 is 5.32 Å². The number of amides is 1. The number of nitrogens with one attached hydrogen (secondary N) is 2. The molecule has 2 N–H and O–H groups in total. The van der Waals surface area contributed by atoms with Crippen molar-refractivity contribution in [1.82, 2.24) is 0 Å². The zero-order valence-electron chi connectivity index (χ0n) is 14.4. The largest absolute Gasteiger partial charge is 0.322 e. The summed E-state index contributed by atoms with van der Waals surface area (Å²) in [4.78, 5) is 12.3. The molecule has 0 unspecified atom stereocenters. The average Bonchev–Trinajstić information content (AvgIpc) is 2.55. The summed E-state index contributed by atoms with van der Waals surface area (Å²) < 4.78 is 49.1. The molecule has 26 heavy (non-hydrogen) atoms. The van der Waals surface area contributed by atoms with Gasteiger partial charge >= 0.3 is 0 Å². The highest BCUT2D eigenvalue weighted by Crippen LogP contribution is 2.17. The van der Waals surface area contributed by atoms with E-state index >= 15 is 0 Å². The molecule has 0 radical (unpaired) electrons. The summed E-state index contributed by atoms with van der Waals surface area (Å²) in [6.45, 7) is 1.77. The molecule has 1 amide bonds. The molecule has 0 aliphatic rings. The lowest BCUT2D eigenvalue weighted by Crippen LogP contribution is -2.16. The molecule has 2 aromatic carbocycles. The van der Waals surface area contributed by atoms with Crippen molar-refractivity contribution < 1.29 is 21.6 Å². The standard InChI is InChI=1S/C17H20N2O5S2/c1-3-11-26(23,24)19-15-9-7-14(8-10-15)18-17(20)13-5-4-6-16(12-13)25(2,21)22/h4-10,12,19H,3,11H2,1-2H3,(H,18,20). The second-order valence-electron chi connectivity index (χ2n) is 5.75. The van der Waals surface area contributed by atoms with Crippen LogP contribution in [0.5, 0.6) is 0 Å². The number of hydrogen-bond donors (Lipinski definition) is 2. The van der Waals surface area contributed by atoms with Gasteiger partial charge in [0.05, 0.1) is 10.6 Å². The van der Waals surface area contributed by atoms with E-state index in [1.165, 1.54) is 36.4 Å². The molecule has 0 saturated heterocycles. The molecule has 9 heteroatoms. The zero-order chi connectivity index (χ0) is 19.4. The Hall–Kier alpha value is -2.39. The lowest BCUT2D eigenvalue weighted by Gasteiger charge is -2.09. The lowest BCUT2D eigenvalue weighted by atomic mass is 10.2. The maximum atomic E-state index is 12.3. The molecule has 7 nitrogen and oxygen atoms in total.